The van der Waals surface area contributed by atoms with Crippen molar-refractivity contribution in [1.82, 2.24) is 0 Å². The summed E-state index contributed by atoms with van der Waals surface area (Å²) in [6.07, 6.45) is 1.55. The highest BCUT2D eigenvalue weighted by Gasteiger charge is 2.31. The Hall–Kier alpha value is -3.15. The number of anilines is 1. The van der Waals surface area contributed by atoms with Gasteiger partial charge in [-0.2, -0.15) is 0 Å². The summed E-state index contributed by atoms with van der Waals surface area (Å²) in [5, 5.41) is 19.4. The van der Waals surface area contributed by atoms with Gasteiger partial charge in [-0.1, -0.05) is 0 Å². The fourth-order valence-electron chi connectivity index (χ4n) is 2.47. The zero-order chi connectivity index (χ0) is 17.4. The number of ketones is 1. The molecular weight excluding hydrogens is 310 g/mol. The van der Waals surface area contributed by atoms with Crippen molar-refractivity contribution >= 4 is 17.5 Å². The molecule has 2 N–H and O–H groups in total. The third kappa shape index (κ3) is 2.52. The van der Waals surface area contributed by atoms with E-state index in [4.69, 9.17) is 9.47 Å². The fraction of sp³-hybridized carbons (Fsp3) is 0.167. The molecule has 6 nitrogen and oxygen atoms in total. The summed E-state index contributed by atoms with van der Waals surface area (Å²) in [5.41, 5.74) is 1.84. The second-order valence-corrected chi connectivity index (χ2v) is 5.57. The number of benzene rings is 2. The van der Waals surface area contributed by atoms with E-state index in [0.29, 0.717) is 11.3 Å². The smallest absolute Gasteiger partial charge is 0.232 e. The predicted molar refractivity (Wildman–Crippen MR) is 90.0 cm³/mol. The van der Waals surface area contributed by atoms with Gasteiger partial charge in [-0.3, -0.25) is 4.79 Å². The van der Waals surface area contributed by atoms with Crippen LogP contribution in [0.1, 0.15) is 15.9 Å². The second kappa shape index (κ2) is 5.81. The van der Waals surface area contributed by atoms with Gasteiger partial charge in [0.05, 0.1) is 12.7 Å². The summed E-state index contributed by atoms with van der Waals surface area (Å²) in [4.78, 5) is 14.3. The first-order valence-corrected chi connectivity index (χ1v) is 7.27. The molecule has 0 fully saturated rings. The number of allylic oxidation sites excluding steroid dienone is 1. The van der Waals surface area contributed by atoms with E-state index in [1.165, 1.54) is 12.1 Å². The average Bonchev–Trinajstić information content (AvgIpc) is 2.88. The van der Waals surface area contributed by atoms with Gasteiger partial charge in [-0.25, -0.2) is 0 Å². The van der Waals surface area contributed by atoms with Crippen molar-refractivity contribution in [2.24, 2.45) is 0 Å². The molecule has 0 amide bonds. The maximum absolute atomic E-state index is 12.4. The molecule has 0 bridgehead atoms. The summed E-state index contributed by atoms with van der Waals surface area (Å²) >= 11 is 0. The van der Waals surface area contributed by atoms with Gasteiger partial charge in [0.1, 0.15) is 5.75 Å². The molecular formula is C18H17NO5. The molecule has 0 saturated heterocycles. The molecule has 0 saturated carbocycles. The second-order valence-electron chi connectivity index (χ2n) is 5.57. The molecule has 0 radical (unpaired) electrons. The molecule has 0 atom stereocenters. The van der Waals surface area contributed by atoms with E-state index < -0.39 is 5.75 Å². The van der Waals surface area contributed by atoms with Crippen molar-refractivity contribution in [3.8, 4) is 23.0 Å². The molecule has 3 rings (SSSR count). The lowest BCUT2D eigenvalue weighted by molar-refractivity contribution is 0.101. The van der Waals surface area contributed by atoms with Gasteiger partial charge in [-0.05, 0) is 30.3 Å². The largest absolute Gasteiger partial charge is 0.504 e. The molecule has 0 aliphatic carbocycles. The summed E-state index contributed by atoms with van der Waals surface area (Å²) in [6.45, 7) is 0. The van der Waals surface area contributed by atoms with Crippen LogP contribution >= 0.6 is 0 Å². The van der Waals surface area contributed by atoms with Crippen LogP contribution in [0.25, 0.3) is 6.08 Å². The van der Waals surface area contributed by atoms with E-state index in [2.05, 4.69) is 0 Å². The van der Waals surface area contributed by atoms with E-state index >= 15 is 0 Å². The lowest BCUT2D eigenvalue weighted by atomic mass is 10.1. The Labute approximate surface area is 139 Å². The van der Waals surface area contributed by atoms with E-state index in [1.54, 1.807) is 13.2 Å². The lowest BCUT2D eigenvalue weighted by Crippen LogP contribution is -2.08. The van der Waals surface area contributed by atoms with Crippen LogP contribution in [0.2, 0.25) is 0 Å². The van der Waals surface area contributed by atoms with Crippen molar-refractivity contribution in [3.05, 3.63) is 47.2 Å². The molecule has 2 aromatic rings. The van der Waals surface area contributed by atoms with E-state index in [0.717, 1.165) is 5.69 Å². The van der Waals surface area contributed by atoms with Crippen molar-refractivity contribution in [3.63, 3.8) is 0 Å². The highest BCUT2D eigenvalue weighted by atomic mass is 16.5. The van der Waals surface area contributed by atoms with Crippen molar-refractivity contribution in [2.75, 3.05) is 26.1 Å². The number of ether oxygens (including phenoxy) is 2. The molecule has 1 aliphatic rings. The van der Waals surface area contributed by atoms with Crippen LogP contribution in [-0.4, -0.2) is 37.2 Å². The van der Waals surface area contributed by atoms with Gasteiger partial charge in [0.25, 0.3) is 0 Å². The van der Waals surface area contributed by atoms with Crippen LogP contribution < -0.4 is 14.4 Å². The predicted octanol–water partition coefficient (Wildman–Crippen LogP) is 2.79. The number of fused-ring (bicyclic) bond motifs is 1. The summed E-state index contributed by atoms with van der Waals surface area (Å²) in [5.74, 6) is -0.529. The lowest BCUT2D eigenvalue weighted by Gasteiger charge is -2.15. The number of carbonyl (C=O) groups is 1. The summed E-state index contributed by atoms with van der Waals surface area (Å²) in [7, 11) is 5.39. The standard InChI is InChI=1S/C18H17NO5/c1-19(2)11-5-4-10(14(9-11)23-3)8-15-16(21)12-6-7-13(20)17(22)18(12)24-15/h4-9,20,22H,1-3H3/b15-8-. The Morgan fingerprint density at radius 1 is 1.17 bits per heavy atom. The first kappa shape index (κ1) is 15.7. The number of rotatable bonds is 3. The molecule has 6 heteroatoms. The number of aromatic hydroxyl groups is 2. The molecule has 24 heavy (non-hydrogen) atoms. The highest BCUT2D eigenvalue weighted by Crippen LogP contribution is 2.44. The Morgan fingerprint density at radius 3 is 2.58 bits per heavy atom. The van der Waals surface area contributed by atoms with Crippen LogP contribution in [0.5, 0.6) is 23.0 Å². The van der Waals surface area contributed by atoms with Gasteiger partial charge < -0.3 is 24.6 Å². The van der Waals surface area contributed by atoms with Crippen molar-refractivity contribution < 1.29 is 24.5 Å². The average molecular weight is 327 g/mol. The number of phenolic OH excluding ortho intramolecular Hbond substituents is 2. The minimum Gasteiger partial charge on any atom is -0.504 e. The van der Waals surface area contributed by atoms with E-state index in [1.807, 2.05) is 37.2 Å². The van der Waals surface area contributed by atoms with E-state index in [-0.39, 0.29) is 28.6 Å². The maximum atomic E-state index is 12.4. The number of Topliss-reactive ketones (excluding diaryl/α,β-unsaturated/α-hetero) is 1. The zero-order valence-corrected chi connectivity index (χ0v) is 13.5. The number of nitrogens with zero attached hydrogens (tertiary/aromatic N) is 1. The molecule has 1 aliphatic heterocycles. The molecule has 124 valence electrons. The Balaban J connectivity index is 2.02. The number of phenols is 2. The third-order valence-electron chi connectivity index (χ3n) is 3.81. The number of hydrogen-bond donors (Lipinski definition) is 2. The fourth-order valence-corrected chi connectivity index (χ4v) is 2.47. The monoisotopic (exact) mass is 327 g/mol. The topological polar surface area (TPSA) is 79.2 Å². The Bertz CT molecular complexity index is 855. The minimum absolute atomic E-state index is 0.0323. The Kier molecular flexibility index (Phi) is 3.81. The van der Waals surface area contributed by atoms with Crippen LogP contribution in [0.4, 0.5) is 5.69 Å². The van der Waals surface area contributed by atoms with E-state index in [9.17, 15) is 15.0 Å². The molecule has 1 heterocycles. The van der Waals surface area contributed by atoms with Gasteiger partial charge in [-0.15, -0.1) is 0 Å². The SMILES string of the molecule is COc1cc(N(C)C)ccc1/C=C1\Oc2c(ccc(O)c2O)C1=O. The van der Waals surface area contributed by atoms with Crippen LogP contribution in [-0.2, 0) is 0 Å². The van der Waals surface area contributed by atoms with Crippen LogP contribution in [0, 0.1) is 0 Å². The molecule has 0 aromatic heterocycles. The van der Waals surface area contributed by atoms with Crippen molar-refractivity contribution in [1.29, 1.82) is 0 Å². The number of hydrogen-bond acceptors (Lipinski definition) is 6. The van der Waals surface area contributed by atoms with Gasteiger partial charge in [0.2, 0.25) is 11.5 Å². The summed E-state index contributed by atoms with van der Waals surface area (Å²) in [6, 6.07) is 8.23. The van der Waals surface area contributed by atoms with Gasteiger partial charge in [0.15, 0.2) is 17.3 Å². The molecule has 0 unspecified atom stereocenters. The quantitative estimate of drug-likeness (QED) is 0.667. The first-order valence-electron chi connectivity index (χ1n) is 7.27. The van der Waals surface area contributed by atoms with Crippen molar-refractivity contribution in [2.45, 2.75) is 0 Å². The highest BCUT2D eigenvalue weighted by molar-refractivity contribution is 6.15. The van der Waals surface area contributed by atoms with Gasteiger partial charge >= 0.3 is 0 Å². The van der Waals surface area contributed by atoms with Gasteiger partial charge in [0, 0.05) is 31.4 Å². The Morgan fingerprint density at radius 2 is 1.92 bits per heavy atom. The molecule has 0 spiro atoms. The summed E-state index contributed by atoms with van der Waals surface area (Å²) < 4.78 is 10.8. The molecule has 2 aromatic carbocycles. The third-order valence-corrected chi connectivity index (χ3v) is 3.81. The minimum atomic E-state index is -0.445. The number of carbonyl (C=O) groups excluding carboxylic acids is 1. The zero-order valence-electron chi connectivity index (χ0n) is 13.5. The maximum Gasteiger partial charge on any atom is 0.232 e. The first-order chi connectivity index (χ1) is 11.4. The van der Waals surface area contributed by atoms with Crippen LogP contribution in [0.3, 0.4) is 0 Å². The van der Waals surface area contributed by atoms with Crippen LogP contribution in [0.15, 0.2) is 36.1 Å². The number of methoxy groups -OCH3 is 1. The normalized spacial score (nSPS) is 14.5.